The summed E-state index contributed by atoms with van der Waals surface area (Å²) in [5.74, 6) is 0. The van der Waals surface area contributed by atoms with Gasteiger partial charge in [0.15, 0.2) is 0 Å². The van der Waals surface area contributed by atoms with Crippen LogP contribution in [0.1, 0.15) is 36.8 Å². The van der Waals surface area contributed by atoms with Crippen molar-refractivity contribution in [2.24, 2.45) is 5.41 Å². The topological polar surface area (TPSA) is 27.0 Å². The van der Waals surface area contributed by atoms with Crippen LogP contribution in [0.5, 0.6) is 0 Å². The van der Waals surface area contributed by atoms with E-state index >= 15 is 0 Å². The van der Waals surface area contributed by atoms with Crippen LogP contribution in [-0.2, 0) is 6.18 Å². The largest absolute Gasteiger partial charge is 0.418 e. The van der Waals surface area contributed by atoms with Crippen LogP contribution in [0.15, 0.2) is 18.2 Å². The van der Waals surface area contributed by atoms with E-state index in [1.165, 1.54) is 18.6 Å². The predicted octanol–water partition coefficient (Wildman–Crippen LogP) is 3.96. The SMILES string of the molecule is N#Cc1ccc(C(F)(F)F)c(N2CCC3(CCC3)C2)c1. The summed E-state index contributed by atoms with van der Waals surface area (Å²) in [5, 5.41) is 8.91. The molecule has 0 unspecified atom stereocenters. The fourth-order valence-corrected chi connectivity index (χ4v) is 3.33. The van der Waals surface area contributed by atoms with E-state index in [0.29, 0.717) is 13.1 Å². The first-order chi connectivity index (χ1) is 9.43. The number of rotatable bonds is 1. The van der Waals surface area contributed by atoms with Gasteiger partial charge in [-0.25, -0.2) is 0 Å². The highest BCUT2D eigenvalue weighted by Gasteiger charge is 2.44. The van der Waals surface area contributed by atoms with E-state index < -0.39 is 11.7 Å². The average Bonchev–Trinajstić information content (AvgIpc) is 2.82. The molecule has 1 aromatic rings. The summed E-state index contributed by atoms with van der Waals surface area (Å²) in [6.45, 7) is 1.34. The molecule has 1 aliphatic carbocycles. The van der Waals surface area contributed by atoms with Crippen molar-refractivity contribution < 1.29 is 13.2 Å². The van der Waals surface area contributed by atoms with Crippen LogP contribution in [0.2, 0.25) is 0 Å². The van der Waals surface area contributed by atoms with Crippen molar-refractivity contribution in [3.05, 3.63) is 29.3 Å². The minimum atomic E-state index is -4.38. The first-order valence-electron chi connectivity index (χ1n) is 6.80. The van der Waals surface area contributed by atoms with Crippen LogP contribution in [0.25, 0.3) is 0 Å². The maximum Gasteiger partial charge on any atom is 0.418 e. The van der Waals surface area contributed by atoms with Crippen LogP contribution in [0.3, 0.4) is 0 Å². The molecule has 106 valence electrons. The van der Waals surface area contributed by atoms with Crippen molar-refractivity contribution in [3.63, 3.8) is 0 Å². The van der Waals surface area contributed by atoms with Gasteiger partial charge in [-0.15, -0.1) is 0 Å². The molecule has 1 aromatic carbocycles. The molecule has 0 aromatic heterocycles. The molecule has 1 aliphatic heterocycles. The van der Waals surface area contributed by atoms with Gasteiger partial charge in [-0.2, -0.15) is 18.4 Å². The van der Waals surface area contributed by atoms with Gasteiger partial charge in [0.2, 0.25) is 0 Å². The molecule has 5 heteroatoms. The third kappa shape index (κ3) is 2.13. The zero-order chi connectivity index (χ0) is 14.4. The Kier molecular flexibility index (Phi) is 2.93. The quantitative estimate of drug-likeness (QED) is 0.778. The normalized spacial score (nSPS) is 20.8. The van der Waals surface area contributed by atoms with Gasteiger partial charge >= 0.3 is 6.18 Å². The van der Waals surface area contributed by atoms with Gasteiger partial charge in [0, 0.05) is 13.1 Å². The van der Waals surface area contributed by atoms with Gasteiger partial charge in [0.05, 0.1) is 22.9 Å². The second kappa shape index (κ2) is 4.41. The van der Waals surface area contributed by atoms with Crippen LogP contribution < -0.4 is 4.90 Å². The highest BCUT2D eigenvalue weighted by molar-refractivity contribution is 5.59. The lowest BCUT2D eigenvalue weighted by atomic mass is 9.68. The Morgan fingerprint density at radius 3 is 2.45 bits per heavy atom. The Hall–Kier alpha value is -1.70. The molecule has 1 saturated carbocycles. The Labute approximate surface area is 115 Å². The second-order valence-electron chi connectivity index (χ2n) is 5.87. The number of nitriles is 1. The molecule has 2 fully saturated rings. The number of anilines is 1. The zero-order valence-electron chi connectivity index (χ0n) is 11.0. The summed E-state index contributed by atoms with van der Waals surface area (Å²) in [6, 6.07) is 5.56. The molecule has 3 rings (SSSR count). The number of halogens is 3. The fraction of sp³-hybridized carbons (Fsp3) is 0.533. The number of benzene rings is 1. The standard InChI is InChI=1S/C15H15F3N2/c16-15(17,18)12-3-2-11(9-19)8-13(12)20-7-6-14(10-20)4-1-5-14/h2-3,8H,1,4-7,10H2. The minimum absolute atomic E-state index is 0.167. The van der Waals surface area contributed by atoms with E-state index in [1.54, 1.807) is 0 Å². The van der Waals surface area contributed by atoms with Crippen LogP contribution in [0.4, 0.5) is 18.9 Å². The van der Waals surface area contributed by atoms with Gasteiger partial charge < -0.3 is 4.90 Å². The highest BCUT2D eigenvalue weighted by Crippen LogP contribution is 2.50. The van der Waals surface area contributed by atoms with Gasteiger partial charge in [-0.1, -0.05) is 6.42 Å². The zero-order valence-corrected chi connectivity index (χ0v) is 11.0. The Morgan fingerprint density at radius 2 is 1.95 bits per heavy atom. The third-order valence-corrected chi connectivity index (χ3v) is 4.63. The second-order valence-corrected chi connectivity index (χ2v) is 5.87. The summed E-state index contributed by atoms with van der Waals surface area (Å²) in [4.78, 5) is 1.81. The Bertz CT molecular complexity index is 567. The van der Waals surface area contributed by atoms with E-state index in [-0.39, 0.29) is 16.7 Å². The van der Waals surface area contributed by atoms with E-state index in [1.807, 2.05) is 11.0 Å². The smallest absolute Gasteiger partial charge is 0.370 e. The number of hydrogen-bond acceptors (Lipinski definition) is 2. The predicted molar refractivity (Wildman–Crippen MR) is 69.3 cm³/mol. The van der Waals surface area contributed by atoms with Gasteiger partial charge in [-0.05, 0) is 42.9 Å². The lowest BCUT2D eigenvalue weighted by Gasteiger charge is -2.38. The number of alkyl halides is 3. The van der Waals surface area contributed by atoms with Crippen molar-refractivity contribution in [3.8, 4) is 6.07 Å². The molecule has 0 N–H and O–H groups in total. The van der Waals surface area contributed by atoms with E-state index in [9.17, 15) is 13.2 Å². The maximum atomic E-state index is 13.1. The van der Waals surface area contributed by atoms with Gasteiger partial charge in [-0.3, -0.25) is 0 Å². The van der Waals surface area contributed by atoms with Crippen LogP contribution in [0, 0.1) is 16.7 Å². The summed E-state index contributed by atoms with van der Waals surface area (Å²) >= 11 is 0. The average molecular weight is 280 g/mol. The van der Waals surface area contributed by atoms with Crippen molar-refractivity contribution in [2.45, 2.75) is 31.9 Å². The molecule has 0 amide bonds. The molecule has 20 heavy (non-hydrogen) atoms. The van der Waals surface area contributed by atoms with Crippen LogP contribution in [-0.4, -0.2) is 13.1 Å². The maximum absolute atomic E-state index is 13.1. The number of nitrogens with zero attached hydrogens (tertiary/aromatic N) is 2. The molecular formula is C15H15F3N2. The fourth-order valence-electron chi connectivity index (χ4n) is 3.33. The molecule has 1 heterocycles. The monoisotopic (exact) mass is 280 g/mol. The first-order valence-corrected chi connectivity index (χ1v) is 6.80. The molecular weight excluding hydrogens is 265 g/mol. The summed E-state index contributed by atoms with van der Waals surface area (Å²) in [6.07, 6.45) is -0.0104. The third-order valence-electron chi connectivity index (χ3n) is 4.63. The lowest BCUT2D eigenvalue weighted by Crippen LogP contribution is -2.33. The van der Waals surface area contributed by atoms with Crippen molar-refractivity contribution >= 4 is 5.69 Å². The van der Waals surface area contributed by atoms with E-state index in [0.717, 1.165) is 25.3 Å². The Morgan fingerprint density at radius 1 is 1.20 bits per heavy atom. The Balaban J connectivity index is 1.97. The molecule has 1 spiro atoms. The first kappa shape index (κ1) is 13.3. The van der Waals surface area contributed by atoms with Crippen molar-refractivity contribution in [2.75, 3.05) is 18.0 Å². The van der Waals surface area contributed by atoms with E-state index in [2.05, 4.69) is 0 Å². The van der Waals surface area contributed by atoms with Gasteiger partial charge in [0.25, 0.3) is 0 Å². The lowest BCUT2D eigenvalue weighted by molar-refractivity contribution is -0.137. The van der Waals surface area contributed by atoms with Crippen molar-refractivity contribution in [1.29, 1.82) is 5.26 Å². The van der Waals surface area contributed by atoms with Crippen molar-refractivity contribution in [1.82, 2.24) is 0 Å². The van der Waals surface area contributed by atoms with E-state index in [4.69, 9.17) is 5.26 Å². The van der Waals surface area contributed by atoms with Crippen LogP contribution >= 0.6 is 0 Å². The summed E-state index contributed by atoms with van der Waals surface area (Å²) in [7, 11) is 0. The summed E-state index contributed by atoms with van der Waals surface area (Å²) < 4.78 is 39.3. The van der Waals surface area contributed by atoms with Gasteiger partial charge in [0.1, 0.15) is 0 Å². The minimum Gasteiger partial charge on any atom is -0.370 e. The molecule has 0 atom stereocenters. The number of hydrogen-bond donors (Lipinski definition) is 0. The highest BCUT2D eigenvalue weighted by atomic mass is 19.4. The molecule has 2 nitrogen and oxygen atoms in total. The molecule has 1 saturated heterocycles. The molecule has 2 aliphatic rings. The summed E-state index contributed by atoms with van der Waals surface area (Å²) in [5.41, 5.74) is 0.0432. The molecule has 0 bridgehead atoms. The molecule has 0 radical (unpaired) electrons.